The van der Waals surface area contributed by atoms with Gasteiger partial charge in [-0.15, -0.1) is 0 Å². The molecular weight excluding hydrogens is 319 g/mol. The van der Waals surface area contributed by atoms with Gasteiger partial charge in [-0.05, 0) is 62.4 Å². The number of rotatable bonds is 5. The third-order valence-corrected chi connectivity index (χ3v) is 5.77. The van der Waals surface area contributed by atoms with E-state index in [1.54, 1.807) is 6.07 Å². The largest absolute Gasteiger partial charge is 0.396 e. The van der Waals surface area contributed by atoms with E-state index in [1.165, 1.54) is 11.6 Å². The maximum Gasteiger partial charge on any atom is 0.222 e. The Morgan fingerprint density at radius 1 is 1.28 bits per heavy atom. The lowest BCUT2D eigenvalue weighted by molar-refractivity contribution is -0.139. The third-order valence-electron chi connectivity index (χ3n) is 5.77. The Morgan fingerprint density at radius 2 is 2.12 bits per heavy atom. The normalized spacial score (nSPS) is 24.9. The quantitative estimate of drug-likeness (QED) is 0.890. The summed E-state index contributed by atoms with van der Waals surface area (Å²) in [5.74, 6) is 0.0484. The third kappa shape index (κ3) is 4.39. The van der Waals surface area contributed by atoms with Gasteiger partial charge in [0.15, 0.2) is 0 Å². The average molecular weight is 348 g/mol. The maximum atomic E-state index is 13.3. The van der Waals surface area contributed by atoms with Gasteiger partial charge in [-0.25, -0.2) is 4.39 Å². The van der Waals surface area contributed by atoms with Crippen molar-refractivity contribution in [2.24, 2.45) is 5.41 Å². The molecule has 2 aliphatic heterocycles. The fraction of sp³-hybridized carbons (Fsp3) is 0.650. The molecule has 2 fully saturated rings. The highest BCUT2D eigenvalue weighted by Crippen LogP contribution is 2.39. The number of aryl methyl sites for hydroxylation is 1. The first-order valence-corrected chi connectivity index (χ1v) is 9.37. The molecule has 25 heavy (non-hydrogen) atoms. The minimum atomic E-state index is -0.179. The van der Waals surface area contributed by atoms with Crippen molar-refractivity contribution in [3.63, 3.8) is 0 Å². The molecule has 0 bridgehead atoms. The molecule has 0 aliphatic carbocycles. The molecule has 0 saturated carbocycles. The summed E-state index contributed by atoms with van der Waals surface area (Å²) in [4.78, 5) is 16.6. The molecule has 4 nitrogen and oxygen atoms in total. The van der Waals surface area contributed by atoms with Gasteiger partial charge >= 0.3 is 0 Å². The van der Waals surface area contributed by atoms with Gasteiger partial charge in [-0.3, -0.25) is 9.69 Å². The number of nitrogens with zero attached hydrogens (tertiary/aromatic N) is 2. The second kappa shape index (κ2) is 7.83. The summed E-state index contributed by atoms with van der Waals surface area (Å²) >= 11 is 0. The highest BCUT2D eigenvalue weighted by Gasteiger charge is 2.41. The van der Waals surface area contributed by atoms with Crippen LogP contribution in [0.5, 0.6) is 0 Å². The summed E-state index contributed by atoms with van der Waals surface area (Å²) in [6.45, 7) is 6.47. The van der Waals surface area contributed by atoms with Gasteiger partial charge in [-0.1, -0.05) is 6.07 Å². The monoisotopic (exact) mass is 348 g/mol. The van der Waals surface area contributed by atoms with E-state index in [0.717, 1.165) is 51.0 Å². The molecule has 1 N–H and O–H groups in total. The van der Waals surface area contributed by atoms with Crippen LogP contribution in [0, 0.1) is 18.2 Å². The predicted molar refractivity (Wildman–Crippen MR) is 95.6 cm³/mol. The first-order valence-electron chi connectivity index (χ1n) is 9.37. The van der Waals surface area contributed by atoms with Gasteiger partial charge in [0.1, 0.15) is 5.82 Å². The summed E-state index contributed by atoms with van der Waals surface area (Å²) in [7, 11) is 0. The van der Waals surface area contributed by atoms with Crippen molar-refractivity contribution in [1.82, 2.24) is 9.80 Å². The standard InChI is InChI=1S/C20H29FN2O2/c1-16-12-18(21)5-4-17(16)13-22-9-2-7-20(14-22)8-6-19(25)23(15-20)10-3-11-24/h4-5,12,24H,2-3,6-11,13-15H2,1H3. The average Bonchev–Trinajstić information content (AvgIpc) is 2.59. The van der Waals surface area contributed by atoms with Crippen LogP contribution in [-0.4, -0.2) is 53.6 Å². The molecule has 0 aromatic heterocycles. The zero-order valence-electron chi connectivity index (χ0n) is 15.1. The van der Waals surface area contributed by atoms with E-state index in [4.69, 9.17) is 5.11 Å². The molecule has 1 spiro atoms. The van der Waals surface area contributed by atoms with Crippen LogP contribution in [0.3, 0.4) is 0 Å². The Bertz CT molecular complexity index is 622. The number of hydrogen-bond acceptors (Lipinski definition) is 3. The smallest absolute Gasteiger partial charge is 0.222 e. The Kier molecular flexibility index (Phi) is 5.74. The van der Waals surface area contributed by atoms with Gasteiger partial charge in [-0.2, -0.15) is 0 Å². The first-order chi connectivity index (χ1) is 12.0. The number of aliphatic hydroxyl groups excluding tert-OH is 1. The van der Waals surface area contributed by atoms with Crippen molar-refractivity contribution in [3.05, 3.63) is 35.1 Å². The fourth-order valence-electron chi connectivity index (χ4n) is 4.42. The molecule has 2 saturated heterocycles. The zero-order chi connectivity index (χ0) is 17.9. The fourth-order valence-corrected chi connectivity index (χ4v) is 4.42. The number of carbonyl (C=O) groups excluding carboxylic acids is 1. The number of carbonyl (C=O) groups is 1. The van der Waals surface area contributed by atoms with Gasteiger partial charge in [0, 0.05) is 44.6 Å². The van der Waals surface area contributed by atoms with Crippen LogP contribution in [0.25, 0.3) is 0 Å². The molecule has 1 unspecified atom stereocenters. The molecule has 1 amide bonds. The van der Waals surface area contributed by atoms with Gasteiger partial charge in [0.25, 0.3) is 0 Å². The van der Waals surface area contributed by atoms with Crippen LogP contribution < -0.4 is 0 Å². The number of aliphatic hydroxyl groups is 1. The summed E-state index contributed by atoms with van der Waals surface area (Å²) < 4.78 is 13.3. The number of amides is 1. The molecular formula is C20H29FN2O2. The van der Waals surface area contributed by atoms with E-state index < -0.39 is 0 Å². The molecule has 5 heteroatoms. The van der Waals surface area contributed by atoms with Crippen LogP contribution in [0.2, 0.25) is 0 Å². The summed E-state index contributed by atoms with van der Waals surface area (Å²) in [5, 5.41) is 9.06. The minimum Gasteiger partial charge on any atom is -0.396 e. The molecule has 138 valence electrons. The van der Waals surface area contributed by atoms with E-state index in [2.05, 4.69) is 4.90 Å². The molecule has 2 aliphatic rings. The van der Waals surface area contributed by atoms with E-state index >= 15 is 0 Å². The first kappa shape index (κ1) is 18.3. The molecule has 1 atom stereocenters. The topological polar surface area (TPSA) is 43.8 Å². The SMILES string of the molecule is Cc1cc(F)ccc1CN1CCCC2(CCC(=O)N(CCCO)C2)C1. The zero-order valence-corrected chi connectivity index (χ0v) is 15.1. The van der Waals surface area contributed by atoms with Crippen LogP contribution in [0.4, 0.5) is 4.39 Å². The Balaban J connectivity index is 1.66. The van der Waals surface area contributed by atoms with E-state index in [-0.39, 0.29) is 23.7 Å². The highest BCUT2D eigenvalue weighted by molar-refractivity contribution is 5.77. The number of halogens is 1. The summed E-state index contributed by atoms with van der Waals surface area (Å²) in [6, 6.07) is 5.03. The lowest BCUT2D eigenvalue weighted by Gasteiger charge is -2.48. The Morgan fingerprint density at radius 3 is 2.88 bits per heavy atom. The van der Waals surface area contributed by atoms with E-state index in [0.29, 0.717) is 19.4 Å². The van der Waals surface area contributed by atoms with Crippen LogP contribution in [-0.2, 0) is 11.3 Å². The highest BCUT2D eigenvalue weighted by atomic mass is 19.1. The predicted octanol–water partition coefficient (Wildman–Crippen LogP) is 2.72. The molecule has 0 radical (unpaired) electrons. The van der Waals surface area contributed by atoms with Gasteiger partial charge < -0.3 is 10.0 Å². The van der Waals surface area contributed by atoms with E-state index in [1.807, 2.05) is 17.9 Å². The number of likely N-dealkylation sites (tertiary alicyclic amines) is 2. The lowest BCUT2D eigenvalue weighted by atomic mass is 9.73. The lowest BCUT2D eigenvalue weighted by Crippen LogP contribution is -2.54. The van der Waals surface area contributed by atoms with Crippen molar-refractivity contribution >= 4 is 5.91 Å². The Hall–Kier alpha value is -1.46. The van der Waals surface area contributed by atoms with Crippen LogP contribution >= 0.6 is 0 Å². The van der Waals surface area contributed by atoms with Crippen LogP contribution in [0.1, 0.15) is 43.2 Å². The second-order valence-electron chi connectivity index (χ2n) is 7.78. The minimum absolute atomic E-state index is 0.132. The maximum absolute atomic E-state index is 13.3. The molecule has 1 aromatic rings. The second-order valence-corrected chi connectivity index (χ2v) is 7.78. The number of benzene rings is 1. The Labute approximate surface area is 149 Å². The number of piperidine rings is 2. The van der Waals surface area contributed by atoms with E-state index in [9.17, 15) is 9.18 Å². The van der Waals surface area contributed by atoms with Crippen molar-refractivity contribution in [2.75, 3.05) is 32.8 Å². The summed E-state index contributed by atoms with van der Waals surface area (Å²) in [6.07, 6.45) is 4.53. The van der Waals surface area contributed by atoms with Crippen molar-refractivity contribution in [1.29, 1.82) is 0 Å². The molecule has 2 heterocycles. The van der Waals surface area contributed by atoms with Crippen LogP contribution in [0.15, 0.2) is 18.2 Å². The van der Waals surface area contributed by atoms with Crippen molar-refractivity contribution in [3.8, 4) is 0 Å². The van der Waals surface area contributed by atoms with Crippen molar-refractivity contribution in [2.45, 2.75) is 45.6 Å². The molecule has 1 aromatic carbocycles. The van der Waals surface area contributed by atoms with Gasteiger partial charge in [0.2, 0.25) is 5.91 Å². The summed E-state index contributed by atoms with van der Waals surface area (Å²) in [5.41, 5.74) is 2.36. The molecule has 3 rings (SSSR count). The van der Waals surface area contributed by atoms with Gasteiger partial charge in [0.05, 0.1) is 0 Å². The van der Waals surface area contributed by atoms with Crippen molar-refractivity contribution < 1.29 is 14.3 Å². The number of hydrogen-bond donors (Lipinski definition) is 1.